The molecule has 0 heterocycles. The second kappa shape index (κ2) is 4.38. The molecule has 6 nitrogen and oxygen atoms in total. The largest absolute Gasteiger partial charge is 0.409 e. The van der Waals surface area contributed by atoms with Crippen molar-refractivity contribution in [3.05, 3.63) is 29.8 Å². The van der Waals surface area contributed by atoms with E-state index in [9.17, 15) is 8.42 Å². The molecule has 0 amide bonds. The highest BCUT2D eigenvalue weighted by molar-refractivity contribution is 7.61. The zero-order chi connectivity index (χ0) is 10.6. The number of amidine groups is 1. The number of nitrogens with two attached hydrogens (primary N) is 1. The minimum atomic E-state index is -2.47. The van der Waals surface area contributed by atoms with E-state index in [2.05, 4.69) is 9.52 Å². The van der Waals surface area contributed by atoms with Gasteiger partial charge >= 0.3 is 10.5 Å². The molecule has 0 aliphatic heterocycles. The number of hydrogen-bond donors (Lipinski definition) is 2. The Labute approximate surface area is 81.4 Å². The number of oxime groups is 1. The zero-order valence-electron chi connectivity index (χ0n) is 6.95. The molecule has 14 heavy (non-hydrogen) atoms. The second-order valence-corrected chi connectivity index (χ2v) is 2.96. The van der Waals surface area contributed by atoms with Crippen molar-refractivity contribution in [2.75, 3.05) is 0 Å². The Morgan fingerprint density at radius 3 is 2.29 bits per heavy atom. The highest BCUT2D eigenvalue weighted by Crippen LogP contribution is 2.12. The van der Waals surface area contributed by atoms with Gasteiger partial charge in [-0.05, 0) is 24.3 Å². The van der Waals surface area contributed by atoms with E-state index in [4.69, 9.17) is 10.9 Å². The first kappa shape index (κ1) is 10.2. The molecule has 0 aromatic heterocycles. The maximum Gasteiger partial charge on any atom is 0.316 e. The zero-order valence-corrected chi connectivity index (χ0v) is 7.77. The van der Waals surface area contributed by atoms with Gasteiger partial charge in [0.1, 0.15) is 0 Å². The molecule has 0 bridgehead atoms. The summed E-state index contributed by atoms with van der Waals surface area (Å²) in [5.74, 6) is -0.0419. The van der Waals surface area contributed by atoms with Gasteiger partial charge < -0.3 is 10.9 Å². The van der Waals surface area contributed by atoms with Crippen molar-refractivity contribution in [3.63, 3.8) is 0 Å². The molecule has 0 aliphatic carbocycles. The average molecular weight is 213 g/mol. The van der Waals surface area contributed by atoms with Gasteiger partial charge in [-0.25, -0.2) is 0 Å². The lowest BCUT2D eigenvalue weighted by molar-refractivity contribution is 0.318. The standard InChI is InChI=1S/C7H7N3O3S/c8-7(9-11)5-1-3-6(4-2-5)10-14(12)13/h1-4,11H,(H2,8,9). The van der Waals surface area contributed by atoms with Crippen LogP contribution in [0.3, 0.4) is 0 Å². The lowest BCUT2D eigenvalue weighted by Crippen LogP contribution is -2.12. The fourth-order valence-electron chi connectivity index (χ4n) is 0.837. The minimum absolute atomic E-state index is 0.0419. The first-order valence-corrected chi connectivity index (χ1v) is 4.55. The molecule has 0 fully saturated rings. The summed E-state index contributed by atoms with van der Waals surface area (Å²) in [4.78, 5) is 0. The van der Waals surface area contributed by atoms with Crippen molar-refractivity contribution in [1.82, 2.24) is 0 Å². The summed E-state index contributed by atoms with van der Waals surface area (Å²) in [7, 11) is -2.47. The molecule has 0 unspecified atom stereocenters. The molecule has 7 heteroatoms. The van der Waals surface area contributed by atoms with E-state index in [-0.39, 0.29) is 11.5 Å². The maximum atomic E-state index is 10.2. The van der Waals surface area contributed by atoms with Gasteiger partial charge in [0.25, 0.3) is 0 Å². The van der Waals surface area contributed by atoms with Crippen molar-refractivity contribution in [1.29, 1.82) is 0 Å². The maximum absolute atomic E-state index is 10.2. The molecular weight excluding hydrogens is 206 g/mol. The number of hydrogen-bond acceptors (Lipinski definition) is 5. The number of rotatable bonds is 2. The van der Waals surface area contributed by atoms with E-state index in [1.165, 1.54) is 24.3 Å². The lowest BCUT2D eigenvalue weighted by atomic mass is 10.2. The second-order valence-electron chi connectivity index (χ2n) is 2.34. The monoisotopic (exact) mass is 213 g/mol. The van der Waals surface area contributed by atoms with Gasteiger partial charge in [0, 0.05) is 5.56 Å². The predicted molar refractivity (Wildman–Crippen MR) is 50.0 cm³/mol. The van der Waals surface area contributed by atoms with E-state index in [0.29, 0.717) is 5.56 Å². The molecule has 3 N–H and O–H groups in total. The Bertz CT molecular complexity index is 467. The van der Waals surface area contributed by atoms with Gasteiger partial charge in [0.15, 0.2) is 5.84 Å². The molecule has 0 spiro atoms. The van der Waals surface area contributed by atoms with E-state index in [1.807, 2.05) is 0 Å². The van der Waals surface area contributed by atoms with Gasteiger partial charge in [-0.1, -0.05) is 5.16 Å². The van der Waals surface area contributed by atoms with Gasteiger partial charge in [-0.3, -0.25) is 0 Å². The van der Waals surface area contributed by atoms with E-state index in [0.717, 1.165) is 0 Å². The Hall–Kier alpha value is -1.89. The quantitative estimate of drug-likeness (QED) is 0.322. The summed E-state index contributed by atoms with van der Waals surface area (Å²) in [5, 5.41) is 11.1. The summed E-state index contributed by atoms with van der Waals surface area (Å²) in [6, 6.07) is 5.90. The summed E-state index contributed by atoms with van der Waals surface area (Å²) < 4.78 is 23.6. The van der Waals surface area contributed by atoms with E-state index >= 15 is 0 Å². The van der Waals surface area contributed by atoms with Crippen LogP contribution in [0.15, 0.2) is 33.8 Å². The van der Waals surface area contributed by atoms with Crippen LogP contribution in [0.25, 0.3) is 0 Å². The van der Waals surface area contributed by atoms with Crippen LogP contribution in [-0.4, -0.2) is 19.5 Å². The predicted octanol–water partition coefficient (Wildman–Crippen LogP) is 0.475. The summed E-state index contributed by atoms with van der Waals surface area (Å²) >= 11 is 0. The fourth-order valence-corrected chi connectivity index (χ4v) is 1.13. The van der Waals surface area contributed by atoms with Crippen molar-refractivity contribution < 1.29 is 13.6 Å². The van der Waals surface area contributed by atoms with Crippen molar-refractivity contribution >= 4 is 22.0 Å². The van der Waals surface area contributed by atoms with E-state index in [1.54, 1.807) is 0 Å². The highest BCUT2D eigenvalue weighted by Gasteiger charge is 1.97. The normalized spacial score (nSPS) is 11.0. The summed E-state index contributed by atoms with van der Waals surface area (Å²) in [6.07, 6.45) is 0. The Balaban J connectivity index is 3.07. The van der Waals surface area contributed by atoms with Crippen molar-refractivity contribution in [3.8, 4) is 0 Å². The molecule has 0 atom stereocenters. The molecule has 0 saturated carbocycles. The molecule has 74 valence electrons. The van der Waals surface area contributed by atoms with E-state index < -0.39 is 10.5 Å². The van der Waals surface area contributed by atoms with Crippen LogP contribution in [0.5, 0.6) is 0 Å². The third-order valence-electron chi connectivity index (χ3n) is 1.45. The molecule has 0 radical (unpaired) electrons. The third-order valence-corrected chi connectivity index (χ3v) is 1.81. The lowest BCUT2D eigenvalue weighted by Gasteiger charge is -1.96. The molecule has 0 aliphatic rings. The number of nitrogens with zero attached hydrogens (tertiary/aromatic N) is 2. The van der Waals surface area contributed by atoms with Gasteiger partial charge in [-0.2, -0.15) is 8.42 Å². The van der Waals surface area contributed by atoms with Crippen LogP contribution < -0.4 is 5.73 Å². The van der Waals surface area contributed by atoms with Crippen LogP contribution in [-0.2, 0) is 10.5 Å². The Kier molecular flexibility index (Phi) is 3.19. The summed E-state index contributed by atoms with van der Waals surface area (Å²) in [6.45, 7) is 0. The van der Waals surface area contributed by atoms with Crippen LogP contribution in [0, 0.1) is 0 Å². The van der Waals surface area contributed by atoms with Crippen molar-refractivity contribution in [2.24, 2.45) is 15.3 Å². The minimum Gasteiger partial charge on any atom is -0.409 e. The average Bonchev–Trinajstić information content (AvgIpc) is 2.17. The van der Waals surface area contributed by atoms with Gasteiger partial charge in [-0.15, -0.1) is 4.36 Å². The topological polar surface area (TPSA) is 105 Å². The summed E-state index contributed by atoms with van der Waals surface area (Å²) in [5.41, 5.74) is 6.07. The molecule has 1 aromatic rings. The molecular formula is C7H7N3O3S. The molecule has 1 rings (SSSR count). The van der Waals surface area contributed by atoms with Gasteiger partial charge in [0.2, 0.25) is 0 Å². The van der Waals surface area contributed by atoms with Crippen LogP contribution in [0.4, 0.5) is 5.69 Å². The molecule has 0 saturated heterocycles. The van der Waals surface area contributed by atoms with Gasteiger partial charge in [0.05, 0.1) is 5.69 Å². The smallest absolute Gasteiger partial charge is 0.316 e. The highest BCUT2D eigenvalue weighted by atomic mass is 32.2. The van der Waals surface area contributed by atoms with Crippen LogP contribution >= 0.6 is 0 Å². The first-order chi connectivity index (χ1) is 6.63. The SMILES string of the molecule is NC(=NO)c1ccc(N=S(=O)=O)cc1. The van der Waals surface area contributed by atoms with Crippen LogP contribution in [0.2, 0.25) is 0 Å². The third kappa shape index (κ3) is 2.56. The Morgan fingerprint density at radius 1 is 1.29 bits per heavy atom. The van der Waals surface area contributed by atoms with Crippen LogP contribution in [0.1, 0.15) is 5.56 Å². The number of benzene rings is 1. The Morgan fingerprint density at radius 2 is 1.86 bits per heavy atom. The molecule has 1 aromatic carbocycles. The van der Waals surface area contributed by atoms with Crippen molar-refractivity contribution in [2.45, 2.75) is 0 Å². The first-order valence-electron chi connectivity index (χ1n) is 3.52. The fraction of sp³-hybridized carbons (Fsp3) is 0.